The number of hydrogen-bond donors (Lipinski definition) is 2. The number of carbonyl (C=O) groups is 2. The largest absolute Gasteiger partial charge is 0.481 e. The number of rotatable bonds is 6. The van der Waals surface area contributed by atoms with Crippen molar-refractivity contribution in [1.82, 2.24) is 5.32 Å². The van der Waals surface area contributed by atoms with Gasteiger partial charge in [-0.1, -0.05) is 27.2 Å². The predicted octanol–water partition coefficient (Wildman–Crippen LogP) is 3.60. The lowest BCUT2D eigenvalue weighted by molar-refractivity contribution is -0.149. The lowest BCUT2D eigenvalue weighted by Crippen LogP contribution is -2.42. The van der Waals surface area contributed by atoms with Crippen molar-refractivity contribution in [2.75, 3.05) is 0 Å². The van der Waals surface area contributed by atoms with Crippen LogP contribution in [0.5, 0.6) is 0 Å². The van der Waals surface area contributed by atoms with E-state index in [0.717, 1.165) is 31.6 Å². The molecule has 1 aliphatic rings. The molecule has 0 saturated heterocycles. The third-order valence-electron chi connectivity index (χ3n) is 5.29. The molecule has 0 aromatic heterocycles. The van der Waals surface area contributed by atoms with E-state index in [0.29, 0.717) is 5.41 Å². The van der Waals surface area contributed by atoms with Crippen molar-refractivity contribution in [3.8, 4) is 0 Å². The fraction of sp³-hybridized carbons (Fsp3) is 0.882. The van der Waals surface area contributed by atoms with E-state index in [1.54, 1.807) is 13.8 Å². The number of carboxylic acids is 1. The van der Waals surface area contributed by atoms with Gasteiger partial charge in [0.25, 0.3) is 0 Å². The summed E-state index contributed by atoms with van der Waals surface area (Å²) >= 11 is 0. The Kier molecular flexibility index (Phi) is 5.83. The molecule has 0 unspecified atom stereocenters. The number of nitrogens with one attached hydrogen (secondary N) is 1. The Morgan fingerprint density at radius 2 is 1.62 bits per heavy atom. The van der Waals surface area contributed by atoms with Gasteiger partial charge in [0.05, 0.1) is 5.41 Å². The summed E-state index contributed by atoms with van der Waals surface area (Å²) in [5.41, 5.74) is -0.619. The molecule has 0 spiro atoms. The number of carbonyl (C=O) groups excluding carboxylic acids is 1. The molecule has 0 atom stereocenters. The van der Waals surface area contributed by atoms with Gasteiger partial charge in [-0.2, -0.15) is 0 Å². The molecule has 1 rings (SSSR count). The van der Waals surface area contributed by atoms with Crippen LogP contribution in [-0.2, 0) is 9.59 Å². The highest BCUT2D eigenvalue weighted by Crippen LogP contribution is 2.40. The van der Waals surface area contributed by atoms with E-state index in [4.69, 9.17) is 5.11 Å². The summed E-state index contributed by atoms with van der Waals surface area (Å²) in [4.78, 5) is 23.0. The van der Waals surface area contributed by atoms with Gasteiger partial charge in [-0.15, -0.1) is 0 Å². The molecule has 1 saturated carbocycles. The molecule has 2 N–H and O–H groups in total. The molecule has 0 heterocycles. The van der Waals surface area contributed by atoms with Crippen LogP contribution < -0.4 is 5.32 Å². The summed E-state index contributed by atoms with van der Waals surface area (Å²) in [6.45, 7) is 10.1. The minimum atomic E-state index is -0.995. The van der Waals surface area contributed by atoms with Crippen LogP contribution in [0.15, 0.2) is 0 Å². The van der Waals surface area contributed by atoms with Gasteiger partial charge in [-0.25, -0.2) is 0 Å². The summed E-state index contributed by atoms with van der Waals surface area (Å²) in [6, 6.07) is 0.214. The van der Waals surface area contributed by atoms with Crippen molar-refractivity contribution in [2.45, 2.75) is 79.2 Å². The summed E-state index contributed by atoms with van der Waals surface area (Å²) in [6.07, 6.45) is 5.53. The lowest BCUT2D eigenvalue weighted by Gasteiger charge is -2.39. The van der Waals surface area contributed by atoms with Crippen molar-refractivity contribution in [3.05, 3.63) is 0 Å². The third-order valence-corrected chi connectivity index (χ3v) is 5.29. The SMILES string of the molecule is CCC(C)(C)C1CCC(NC(=O)CC(C)(C)C(=O)O)CC1. The maximum absolute atomic E-state index is 12.0. The Bertz CT molecular complexity index is 379. The summed E-state index contributed by atoms with van der Waals surface area (Å²) in [7, 11) is 0. The fourth-order valence-corrected chi connectivity index (χ4v) is 3.06. The van der Waals surface area contributed by atoms with Gasteiger partial charge in [0.1, 0.15) is 0 Å². The molecule has 1 aliphatic carbocycles. The van der Waals surface area contributed by atoms with Crippen LogP contribution >= 0.6 is 0 Å². The van der Waals surface area contributed by atoms with E-state index in [9.17, 15) is 9.59 Å². The Balaban J connectivity index is 2.43. The van der Waals surface area contributed by atoms with E-state index in [1.165, 1.54) is 6.42 Å². The molecule has 0 aromatic carbocycles. The highest BCUT2D eigenvalue weighted by atomic mass is 16.4. The minimum absolute atomic E-state index is 0.0444. The average molecular weight is 297 g/mol. The van der Waals surface area contributed by atoms with E-state index in [-0.39, 0.29) is 18.4 Å². The van der Waals surface area contributed by atoms with Crippen LogP contribution in [0, 0.1) is 16.7 Å². The van der Waals surface area contributed by atoms with Crippen LogP contribution in [0.3, 0.4) is 0 Å². The molecule has 0 aromatic rings. The first-order valence-electron chi connectivity index (χ1n) is 8.11. The van der Waals surface area contributed by atoms with Gasteiger partial charge in [-0.3, -0.25) is 9.59 Å². The monoisotopic (exact) mass is 297 g/mol. The van der Waals surface area contributed by atoms with Crippen LogP contribution in [0.1, 0.15) is 73.1 Å². The standard InChI is InChI=1S/C17H31NO3/c1-6-16(2,3)12-7-9-13(10-8-12)18-14(19)11-17(4,5)15(20)21/h12-13H,6-11H2,1-5H3,(H,18,19)(H,20,21). The molecule has 0 aliphatic heterocycles. The second-order valence-electron chi connectivity index (χ2n) is 7.82. The molecule has 0 bridgehead atoms. The molecule has 1 amide bonds. The smallest absolute Gasteiger partial charge is 0.309 e. The van der Waals surface area contributed by atoms with Crippen molar-refractivity contribution >= 4 is 11.9 Å². The zero-order valence-electron chi connectivity index (χ0n) is 14.2. The Hall–Kier alpha value is -1.06. The van der Waals surface area contributed by atoms with Gasteiger partial charge in [0.2, 0.25) is 5.91 Å². The maximum atomic E-state index is 12.0. The first-order valence-corrected chi connectivity index (χ1v) is 8.11. The lowest BCUT2D eigenvalue weighted by atomic mass is 9.69. The number of amides is 1. The van der Waals surface area contributed by atoms with Crippen molar-refractivity contribution in [3.63, 3.8) is 0 Å². The van der Waals surface area contributed by atoms with Crippen LogP contribution in [0.25, 0.3) is 0 Å². The second-order valence-corrected chi connectivity index (χ2v) is 7.82. The first-order chi connectivity index (χ1) is 9.58. The van der Waals surface area contributed by atoms with Crippen LogP contribution in [0.2, 0.25) is 0 Å². The number of hydrogen-bond acceptors (Lipinski definition) is 2. The minimum Gasteiger partial charge on any atom is -0.481 e. The van der Waals surface area contributed by atoms with Crippen LogP contribution in [-0.4, -0.2) is 23.0 Å². The van der Waals surface area contributed by atoms with Gasteiger partial charge < -0.3 is 10.4 Å². The molecular weight excluding hydrogens is 266 g/mol. The zero-order chi connectivity index (χ0) is 16.3. The normalized spacial score (nSPS) is 23.7. The highest BCUT2D eigenvalue weighted by Gasteiger charge is 2.34. The molecule has 21 heavy (non-hydrogen) atoms. The molecule has 1 fully saturated rings. The van der Waals surface area contributed by atoms with Gasteiger partial charge >= 0.3 is 5.97 Å². The Labute approximate surface area is 128 Å². The third kappa shape index (κ3) is 5.01. The average Bonchev–Trinajstić information content (AvgIpc) is 2.38. The summed E-state index contributed by atoms with van der Waals surface area (Å²) in [5.74, 6) is -0.335. The summed E-state index contributed by atoms with van der Waals surface area (Å²) in [5, 5.41) is 12.1. The van der Waals surface area contributed by atoms with E-state index < -0.39 is 11.4 Å². The van der Waals surface area contributed by atoms with Crippen molar-refractivity contribution < 1.29 is 14.7 Å². The van der Waals surface area contributed by atoms with Gasteiger partial charge in [0.15, 0.2) is 0 Å². The van der Waals surface area contributed by atoms with Gasteiger partial charge in [0, 0.05) is 12.5 Å². The molecule has 0 radical (unpaired) electrons. The molecule has 122 valence electrons. The predicted molar refractivity (Wildman–Crippen MR) is 84.0 cm³/mol. The van der Waals surface area contributed by atoms with E-state index >= 15 is 0 Å². The van der Waals surface area contributed by atoms with E-state index in [1.807, 2.05) is 0 Å². The quantitative estimate of drug-likeness (QED) is 0.787. The molecule has 4 heteroatoms. The zero-order valence-corrected chi connectivity index (χ0v) is 14.2. The highest BCUT2D eigenvalue weighted by molar-refractivity contribution is 5.84. The van der Waals surface area contributed by atoms with Crippen molar-refractivity contribution in [1.29, 1.82) is 0 Å². The maximum Gasteiger partial charge on any atom is 0.309 e. The molecular formula is C17H31NO3. The topological polar surface area (TPSA) is 66.4 Å². The first kappa shape index (κ1) is 18.0. The number of carboxylic acid groups (broad SMARTS) is 1. The van der Waals surface area contributed by atoms with E-state index in [2.05, 4.69) is 26.1 Å². The second kappa shape index (κ2) is 6.80. The number of aliphatic carboxylic acids is 1. The Morgan fingerprint density at radius 1 is 1.10 bits per heavy atom. The Morgan fingerprint density at radius 3 is 2.05 bits per heavy atom. The summed E-state index contributed by atoms with van der Waals surface area (Å²) < 4.78 is 0. The molecule has 4 nitrogen and oxygen atoms in total. The fourth-order valence-electron chi connectivity index (χ4n) is 3.06. The van der Waals surface area contributed by atoms with Gasteiger partial charge in [-0.05, 0) is 50.9 Å². The van der Waals surface area contributed by atoms with Crippen molar-refractivity contribution in [2.24, 2.45) is 16.7 Å². The van der Waals surface area contributed by atoms with Crippen LogP contribution in [0.4, 0.5) is 0 Å².